The van der Waals surface area contributed by atoms with Crippen molar-refractivity contribution in [1.29, 1.82) is 0 Å². The third kappa shape index (κ3) is 8.72. The van der Waals surface area contributed by atoms with Crippen LogP contribution >= 0.6 is 23.2 Å². The fourth-order valence-corrected chi connectivity index (χ4v) is 4.66. The molecule has 0 saturated carbocycles. The molecule has 0 saturated heterocycles. The molecule has 6 rings (SSSR count). The Kier molecular flexibility index (Phi) is 10.6. The molecular formula is C34H32Cl2N4O3. The highest BCUT2D eigenvalue weighted by Crippen LogP contribution is 2.21. The topological polar surface area (TPSA) is 124 Å². The molecule has 0 fully saturated rings. The number of halogens is 2. The molecule has 6 N–H and O–H groups in total. The van der Waals surface area contributed by atoms with Gasteiger partial charge in [-0.2, -0.15) is 0 Å². The van der Waals surface area contributed by atoms with Crippen LogP contribution in [0.2, 0.25) is 10.0 Å². The lowest BCUT2D eigenvalue weighted by atomic mass is 10.1. The van der Waals surface area contributed by atoms with Crippen molar-refractivity contribution in [2.24, 2.45) is 5.73 Å². The first-order chi connectivity index (χ1) is 20.6. The van der Waals surface area contributed by atoms with E-state index in [1.54, 1.807) is 30.3 Å². The molecule has 0 aliphatic carbocycles. The van der Waals surface area contributed by atoms with Gasteiger partial charge in [-0.15, -0.1) is 0 Å². The Morgan fingerprint density at radius 3 is 1.63 bits per heavy atom. The fourth-order valence-electron chi connectivity index (χ4n) is 4.30. The second-order valence-electron chi connectivity index (χ2n) is 9.94. The van der Waals surface area contributed by atoms with Crippen LogP contribution in [-0.2, 0) is 0 Å². The highest BCUT2D eigenvalue weighted by Gasteiger charge is 2.13. The zero-order valence-corrected chi connectivity index (χ0v) is 25.2. The van der Waals surface area contributed by atoms with Crippen LogP contribution in [0.25, 0.3) is 21.8 Å². The number of H-pyrrole nitrogens is 2. The number of carbonyl (C=O) groups is 2. The first-order valence-corrected chi connectivity index (χ1v) is 14.3. The van der Waals surface area contributed by atoms with Crippen LogP contribution in [0.1, 0.15) is 58.0 Å². The number of carbonyl (C=O) groups excluding carboxylic acids is 1. The van der Waals surface area contributed by atoms with Gasteiger partial charge in [-0.1, -0.05) is 83.9 Å². The van der Waals surface area contributed by atoms with E-state index >= 15 is 0 Å². The number of benzene rings is 4. The number of nitrogens with one attached hydrogen (secondary N) is 3. The van der Waals surface area contributed by atoms with E-state index in [-0.39, 0.29) is 23.7 Å². The van der Waals surface area contributed by atoms with Gasteiger partial charge in [0.05, 0.1) is 6.04 Å². The molecule has 0 aliphatic rings. The molecule has 2 atom stereocenters. The van der Waals surface area contributed by atoms with Crippen LogP contribution in [0, 0.1) is 0 Å². The molecule has 43 heavy (non-hydrogen) atoms. The summed E-state index contributed by atoms with van der Waals surface area (Å²) in [6.07, 6.45) is 0. The Balaban J connectivity index is 0.000000163. The third-order valence-corrected chi connectivity index (χ3v) is 7.08. The molecule has 0 unspecified atom stereocenters. The minimum atomic E-state index is -0.965. The number of hydrogen-bond acceptors (Lipinski definition) is 3. The quantitative estimate of drug-likeness (QED) is 0.133. The first kappa shape index (κ1) is 31.4. The summed E-state index contributed by atoms with van der Waals surface area (Å²) in [5, 5.41) is 14.7. The average Bonchev–Trinajstić information content (AvgIpc) is 3.63. The molecule has 0 spiro atoms. The van der Waals surface area contributed by atoms with Crippen LogP contribution in [-0.4, -0.2) is 27.0 Å². The monoisotopic (exact) mass is 614 g/mol. The summed E-state index contributed by atoms with van der Waals surface area (Å²) >= 11 is 11.7. The van der Waals surface area contributed by atoms with Crippen LogP contribution in [0.15, 0.2) is 109 Å². The number of carboxylic acids is 1. The average molecular weight is 616 g/mol. The van der Waals surface area contributed by atoms with Crippen LogP contribution in [0.4, 0.5) is 0 Å². The molecule has 4 aromatic carbocycles. The van der Waals surface area contributed by atoms with Gasteiger partial charge in [0, 0.05) is 37.9 Å². The first-order valence-electron chi connectivity index (χ1n) is 13.6. The minimum absolute atomic E-state index is 0.0475. The number of aromatic carboxylic acids is 1. The van der Waals surface area contributed by atoms with Crippen molar-refractivity contribution in [2.75, 3.05) is 0 Å². The lowest BCUT2D eigenvalue weighted by Crippen LogP contribution is -2.26. The number of aromatic amines is 2. The van der Waals surface area contributed by atoms with Crippen molar-refractivity contribution < 1.29 is 14.7 Å². The molecule has 9 heteroatoms. The maximum absolute atomic E-state index is 12.3. The Morgan fingerprint density at radius 2 is 1.16 bits per heavy atom. The van der Waals surface area contributed by atoms with E-state index in [4.69, 9.17) is 34.0 Å². The van der Waals surface area contributed by atoms with Crippen molar-refractivity contribution in [3.63, 3.8) is 0 Å². The maximum atomic E-state index is 12.3. The van der Waals surface area contributed by atoms with Gasteiger partial charge >= 0.3 is 5.97 Å². The lowest BCUT2D eigenvalue weighted by Gasteiger charge is -2.13. The molecule has 7 nitrogen and oxygen atoms in total. The fraction of sp³-hybridized carbons (Fsp3) is 0.118. The summed E-state index contributed by atoms with van der Waals surface area (Å²) < 4.78 is 0. The number of aromatic nitrogens is 2. The highest BCUT2D eigenvalue weighted by molar-refractivity contribution is 6.31. The second-order valence-corrected chi connectivity index (χ2v) is 10.8. The van der Waals surface area contributed by atoms with Gasteiger partial charge < -0.3 is 26.1 Å². The van der Waals surface area contributed by atoms with E-state index in [1.165, 1.54) is 5.56 Å². The molecule has 0 bridgehead atoms. The molecule has 2 aromatic heterocycles. The summed E-state index contributed by atoms with van der Waals surface area (Å²) in [6, 6.07) is 34.1. The summed E-state index contributed by atoms with van der Waals surface area (Å²) in [4.78, 5) is 28.8. The predicted molar refractivity (Wildman–Crippen MR) is 175 cm³/mol. The van der Waals surface area contributed by atoms with E-state index < -0.39 is 5.97 Å². The smallest absolute Gasteiger partial charge is 0.352 e. The van der Waals surface area contributed by atoms with Gasteiger partial charge in [0.2, 0.25) is 0 Å². The summed E-state index contributed by atoms with van der Waals surface area (Å²) in [5.41, 5.74) is 10.3. The standard InChI is InChI=1S/C17H15ClN2O.C9H6ClNO2.C8H11N/c1-11(12-5-3-2-4-6-12)19-17(21)16-10-13-9-14(18)7-8-15(13)20-16;10-6-1-2-7-5(3-6)4-8(11-7)9(12)13;1-7(9)8-5-3-2-4-6-8/h2-11,20H,1H3,(H,19,21);1-4,11H,(H,12,13);2-7H,9H2,1H3/t11-;;7-/m1.1/s1. The maximum Gasteiger partial charge on any atom is 0.352 e. The van der Waals surface area contributed by atoms with Gasteiger partial charge in [-0.05, 0) is 73.5 Å². The largest absolute Gasteiger partial charge is 0.477 e. The van der Waals surface area contributed by atoms with Crippen molar-refractivity contribution in [3.05, 3.63) is 142 Å². The normalized spacial score (nSPS) is 11.9. The number of carboxylic acid groups (broad SMARTS) is 1. The Hall–Kier alpha value is -4.56. The van der Waals surface area contributed by atoms with Crippen molar-refractivity contribution in [2.45, 2.75) is 25.9 Å². The van der Waals surface area contributed by atoms with Gasteiger partial charge in [0.15, 0.2) is 0 Å². The summed E-state index contributed by atoms with van der Waals surface area (Å²) in [5.74, 6) is -1.09. The molecule has 0 radical (unpaired) electrons. The van der Waals surface area contributed by atoms with Gasteiger partial charge in [0.1, 0.15) is 11.4 Å². The van der Waals surface area contributed by atoms with Gasteiger partial charge in [-0.3, -0.25) is 4.79 Å². The third-order valence-electron chi connectivity index (χ3n) is 6.61. The van der Waals surface area contributed by atoms with E-state index in [0.29, 0.717) is 15.7 Å². The summed E-state index contributed by atoms with van der Waals surface area (Å²) in [6.45, 7) is 3.95. The lowest BCUT2D eigenvalue weighted by molar-refractivity contribution is 0.0691. The minimum Gasteiger partial charge on any atom is -0.477 e. The van der Waals surface area contributed by atoms with E-state index in [1.807, 2.05) is 92.7 Å². The van der Waals surface area contributed by atoms with E-state index in [0.717, 1.165) is 27.4 Å². The zero-order chi connectivity index (χ0) is 30.9. The van der Waals surface area contributed by atoms with Gasteiger partial charge in [0.25, 0.3) is 5.91 Å². The molecular weight excluding hydrogens is 583 g/mol. The second kappa shape index (κ2) is 14.6. The van der Waals surface area contributed by atoms with E-state index in [9.17, 15) is 9.59 Å². The SMILES string of the molecule is C[C@@H](N)c1ccccc1.C[C@@H](NC(=O)c1cc2cc(Cl)ccc2[nH]1)c1ccccc1.O=C(O)c1cc2cc(Cl)ccc2[nH]1. The number of amides is 1. The molecule has 1 amide bonds. The molecule has 6 aromatic rings. The number of nitrogens with two attached hydrogens (primary N) is 1. The van der Waals surface area contributed by atoms with Crippen molar-refractivity contribution in [3.8, 4) is 0 Å². The van der Waals surface area contributed by atoms with Gasteiger partial charge in [-0.25, -0.2) is 4.79 Å². The van der Waals surface area contributed by atoms with E-state index in [2.05, 4.69) is 15.3 Å². The molecule has 0 aliphatic heterocycles. The number of rotatable bonds is 5. The number of hydrogen-bond donors (Lipinski definition) is 5. The predicted octanol–water partition coefficient (Wildman–Crippen LogP) is 8.54. The number of fused-ring (bicyclic) bond motifs is 2. The van der Waals surface area contributed by atoms with Crippen LogP contribution in [0.5, 0.6) is 0 Å². The molecule has 2 heterocycles. The van der Waals surface area contributed by atoms with Crippen molar-refractivity contribution >= 4 is 56.9 Å². The molecule has 220 valence electrons. The van der Waals surface area contributed by atoms with Crippen molar-refractivity contribution in [1.82, 2.24) is 15.3 Å². The Bertz CT molecular complexity index is 1820. The van der Waals surface area contributed by atoms with Crippen LogP contribution in [0.3, 0.4) is 0 Å². The van der Waals surface area contributed by atoms with Crippen LogP contribution < -0.4 is 11.1 Å². The zero-order valence-electron chi connectivity index (χ0n) is 23.6. The Labute approximate surface area is 259 Å². The summed E-state index contributed by atoms with van der Waals surface area (Å²) in [7, 11) is 0. The Morgan fingerprint density at radius 1 is 0.698 bits per heavy atom. The highest BCUT2D eigenvalue weighted by atomic mass is 35.5.